The van der Waals surface area contributed by atoms with E-state index in [0.29, 0.717) is 16.1 Å². The molecule has 1 aromatic heterocycles. The lowest BCUT2D eigenvalue weighted by molar-refractivity contribution is 0.0997. The van der Waals surface area contributed by atoms with E-state index in [4.69, 9.17) is 15.9 Å². The van der Waals surface area contributed by atoms with E-state index < -0.39 is 5.91 Å². The van der Waals surface area contributed by atoms with Crippen LogP contribution in [0.25, 0.3) is 0 Å². The van der Waals surface area contributed by atoms with E-state index in [-0.39, 0.29) is 0 Å². The molecule has 1 amide bonds. The summed E-state index contributed by atoms with van der Waals surface area (Å²) >= 11 is 1.38. The SMILES string of the molecule is Cc1occc1Sc1c(N)cccc1C(N)=O. The zero-order valence-corrected chi connectivity index (χ0v) is 10.1. The van der Waals surface area contributed by atoms with Crippen LogP contribution in [-0.4, -0.2) is 5.91 Å². The monoisotopic (exact) mass is 248 g/mol. The van der Waals surface area contributed by atoms with Crippen LogP contribution in [0.1, 0.15) is 16.1 Å². The quantitative estimate of drug-likeness (QED) is 0.817. The Balaban J connectivity index is 2.45. The van der Waals surface area contributed by atoms with Crippen LogP contribution in [0.3, 0.4) is 0 Å². The lowest BCUT2D eigenvalue weighted by Crippen LogP contribution is -2.13. The summed E-state index contributed by atoms with van der Waals surface area (Å²) in [5, 5.41) is 0. The van der Waals surface area contributed by atoms with Gasteiger partial charge in [-0.2, -0.15) is 0 Å². The number of hydrogen-bond donors (Lipinski definition) is 2. The van der Waals surface area contributed by atoms with Gasteiger partial charge in [0.25, 0.3) is 0 Å². The Morgan fingerprint density at radius 2 is 2.12 bits per heavy atom. The van der Waals surface area contributed by atoms with E-state index in [1.165, 1.54) is 11.8 Å². The number of amides is 1. The Morgan fingerprint density at radius 1 is 1.35 bits per heavy atom. The standard InChI is InChI=1S/C12H12N2O2S/c1-7-10(5-6-16-7)17-11-8(12(14)15)3-2-4-9(11)13/h2-6H,13H2,1H3,(H2,14,15). The second kappa shape index (κ2) is 4.55. The molecular weight excluding hydrogens is 236 g/mol. The van der Waals surface area contributed by atoms with Crippen molar-refractivity contribution in [1.82, 2.24) is 0 Å². The van der Waals surface area contributed by atoms with Gasteiger partial charge in [0, 0.05) is 10.6 Å². The predicted octanol–water partition coefficient (Wildman–Crippen LogP) is 2.42. The maximum atomic E-state index is 11.3. The van der Waals surface area contributed by atoms with Crippen molar-refractivity contribution in [3.8, 4) is 0 Å². The molecule has 0 aliphatic carbocycles. The van der Waals surface area contributed by atoms with Gasteiger partial charge >= 0.3 is 0 Å². The van der Waals surface area contributed by atoms with Crippen molar-refractivity contribution in [3.05, 3.63) is 41.9 Å². The number of carbonyl (C=O) groups excluding carboxylic acids is 1. The molecule has 0 saturated heterocycles. The van der Waals surface area contributed by atoms with E-state index >= 15 is 0 Å². The first-order chi connectivity index (χ1) is 8.09. The van der Waals surface area contributed by atoms with Crippen molar-refractivity contribution in [2.45, 2.75) is 16.7 Å². The van der Waals surface area contributed by atoms with Gasteiger partial charge in [-0.3, -0.25) is 4.79 Å². The lowest BCUT2D eigenvalue weighted by atomic mass is 10.2. The summed E-state index contributed by atoms with van der Waals surface area (Å²) in [5.74, 6) is 0.301. The van der Waals surface area contributed by atoms with Gasteiger partial charge in [-0.25, -0.2) is 0 Å². The molecule has 1 heterocycles. The minimum atomic E-state index is -0.485. The summed E-state index contributed by atoms with van der Waals surface area (Å²) in [6.45, 7) is 1.85. The van der Waals surface area contributed by atoms with Gasteiger partial charge in [0.1, 0.15) is 5.76 Å². The second-order valence-corrected chi connectivity index (χ2v) is 4.58. The highest BCUT2D eigenvalue weighted by Gasteiger charge is 2.14. The number of carbonyl (C=O) groups is 1. The van der Waals surface area contributed by atoms with Crippen LogP contribution < -0.4 is 11.5 Å². The average Bonchev–Trinajstić information content (AvgIpc) is 2.67. The van der Waals surface area contributed by atoms with Crippen LogP contribution >= 0.6 is 11.8 Å². The van der Waals surface area contributed by atoms with Gasteiger partial charge in [-0.05, 0) is 25.1 Å². The highest BCUT2D eigenvalue weighted by molar-refractivity contribution is 7.99. The highest BCUT2D eigenvalue weighted by Crippen LogP contribution is 2.36. The third-order valence-corrected chi connectivity index (χ3v) is 3.64. The van der Waals surface area contributed by atoms with Gasteiger partial charge in [-0.15, -0.1) is 0 Å². The number of hydrogen-bond acceptors (Lipinski definition) is 4. The van der Waals surface area contributed by atoms with Crippen LogP contribution in [0, 0.1) is 6.92 Å². The summed E-state index contributed by atoms with van der Waals surface area (Å²) in [4.78, 5) is 12.9. The van der Waals surface area contributed by atoms with Gasteiger partial charge < -0.3 is 15.9 Å². The largest absolute Gasteiger partial charge is 0.468 e. The van der Waals surface area contributed by atoms with Gasteiger partial charge in [0.2, 0.25) is 5.91 Å². The number of nitrogen functional groups attached to an aromatic ring is 1. The van der Waals surface area contributed by atoms with Crippen LogP contribution in [-0.2, 0) is 0 Å². The number of benzene rings is 1. The number of furan rings is 1. The molecule has 5 heteroatoms. The molecule has 0 bridgehead atoms. The first kappa shape index (κ1) is 11.6. The first-order valence-corrected chi connectivity index (χ1v) is 5.81. The maximum Gasteiger partial charge on any atom is 0.249 e. The lowest BCUT2D eigenvalue weighted by Gasteiger charge is -2.08. The van der Waals surface area contributed by atoms with Crippen molar-refractivity contribution in [2.24, 2.45) is 5.73 Å². The minimum absolute atomic E-state index is 0.426. The molecule has 0 aliphatic rings. The Morgan fingerprint density at radius 3 is 2.71 bits per heavy atom. The second-order valence-electron chi connectivity index (χ2n) is 3.53. The normalized spacial score (nSPS) is 10.4. The van der Waals surface area contributed by atoms with Gasteiger partial charge in [0.15, 0.2) is 0 Å². The topological polar surface area (TPSA) is 82.2 Å². The molecule has 0 atom stereocenters. The Labute approximate surface area is 103 Å². The number of aryl methyl sites for hydroxylation is 1. The van der Waals surface area contributed by atoms with Crippen molar-refractivity contribution in [2.75, 3.05) is 5.73 Å². The molecular formula is C12H12N2O2S. The molecule has 0 aliphatic heterocycles. The van der Waals surface area contributed by atoms with Crippen LogP contribution in [0.2, 0.25) is 0 Å². The Bertz CT molecular complexity index is 563. The number of rotatable bonds is 3. The zero-order valence-electron chi connectivity index (χ0n) is 9.27. The van der Waals surface area contributed by atoms with Crippen LogP contribution in [0.15, 0.2) is 44.7 Å². The van der Waals surface area contributed by atoms with Gasteiger partial charge in [0.05, 0.1) is 16.7 Å². The molecule has 4 N–H and O–H groups in total. The van der Waals surface area contributed by atoms with Crippen LogP contribution in [0.4, 0.5) is 5.69 Å². The minimum Gasteiger partial charge on any atom is -0.468 e. The number of primary amides is 1. The maximum absolute atomic E-state index is 11.3. The molecule has 4 nitrogen and oxygen atoms in total. The molecule has 2 aromatic rings. The van der Waals surface area contributed by atoms with E-state index in [9.17, 15) is 4.79 Å². The van der Waals surface area contributed by atoms with Crippen molar-refractivity contribution in [1.29, 1.82) is 0 Å². The summed E-state index contributed by atoms with van der Waals surface area (Å²) in [6.07, 6.45) is 1.60. The molecule has 2 rings (SSSR count). The Hall–Kier alpha value is -1.88. The molecule has 1 aromatic carbocycles. The molecule has 88 valence electrons. The van der Waals surface area contributed by atoms with E-state index in [1.54, 1.807) is 24.5 Å². The molecule has 0 spiro atoms. The summed E-state index contributed by atoms with van der Waals surface area (Å²) in [6, 6.07) is 6.94. The number of nitrogens with two attached hydrogens (primary N) is 2. The molecule has 17 heavy (non-hydrogen) atoms. The summed E-state index contributed by atoms with van der Waals surface area (Å²) in [5.41, 5.74) is 12.1. The third kappa shape index (κ3) is 2.29. The zero-order chi connectivity index (χ0) is 12.4. The highest BCUT2D eigenvalue weighted by atomic mass is 32.2. The molecule has 0 radical (unpaired) electrons. The van der Waals surface area contributed by atoms with Crippen molar-refractivity contribution < 1.29 is 9.21 Å². The van der Waals surface area contributed by atoms with E-state index in [2.05, 4.69) is 0 Å². The van der Waals surface area contributed by atoms with E-state index in [0.717, 1.165) is 10.7 Å². The molecule has 0 unspecified atom stereocenters. The van der Waals surface area contributed by atoms with Crippen molar-refractivity contribution in [3.63, 3.8) is 0 Å². The van der Waals surface area contributed by atoms with Crippen molar-refractivity contribution >= 4 is 23.4 Å². The summed E-state index contributed by atoms with van der Waals surface area (Å²) in [7, 11) is 0. The summed E-state index contributed by atoms with van der Waals surface area (Å²) < 4.78 is 5.20. The molecule has 0 saturated carbocycles. The fourth-order valence-corrected chi connectivity index (χ4v) is 2.45. The Kier molecular flexibility index (Phi) is 3.10. The van der Waals surface area contributed by atoms with Crippen LogP contribution in [0.5, 0.6) is 0 Å². The fourth-order valence-electron chi connectivity index (χ4n) is 1.45. The smallest absolute Gasteiger partial charge is 0.249 e. The first-order valence-electron chi connectivity index (χ1n) is 5.00. The van der Waals surface area contributed by atoms with E-state index in [1.807, 2.05) is 13.0 Å². The fraction of sp³-hybridized carbons (Fsp3) is 0.0833. The molecule has 0 fully saturated rings. The predicted molar refractivity (Wildman–Crippen MR) is 66.9 cm³/mol. The third-order valence-electron chi connectivity index (χ3n) is 2.33. The average molecular weight is 248 g/mol. The van der Waals surface area contributed by atoms with Gasteiger partial charge in [-0.1, -0.05) is 17.8 Å². The number of anilines is 1.